The molecule has 0 saturated heterocycles. The second-order valence-electron chi connectivity index (χ2n) is 3.44. The molecule has 0 saturated carbocycles. The molecule has 0 aromatic rings. The normalized spacial score (nSPS) is 11.9. The summed E-state index contributed by atoms with van der Waals surface area (Å²) in [5.41, 5.74) is 1.18. The van der Waals surface area contributed by atoms with Crippen LogP contribution in [0.25, 0.3) is 0 Å². The lowest BCUT2D eigenvalue weighted by molar-refractivity contribution is -0.121. The number of allylic oxidation sites excluding steroid dienone is 2. The molecule has 0 aromatic carbocycles. The molecule has 0 aliphatic carbocycles. The number of carbonyl (C=O) groups is 1. The van der Waals surface area contributed by atoms with Crippen molar-refractivity contribution in [2.75, 3.05) is 6.54 Å². The molecule has 0 aromatic heterocycles. The first-order valence-corrected chi connectivity index (χ1v) is 5.07. The van der Waals surface area contributed by atoms with E-state index >= 15 is 0 Å². The van der Waals surface area contributed by atoms with E-state index in [1.807, 2.05) is 19.9 Å². The summed E-state index contributed by atoms with van der Waals surface area (Å²) in [7, 11) is 0. The van der Waals surface area contributed by atoms with Gasteiger partial charge >= 0.3 is 0 Å². The third-order valence-corrected chi connectivity index (χ3v) is 1.98. The van der Waals surface area contributed by atoms with E-state index in [4.69, 9.17) is 0 Å². The van der Waals surface area contributed by atoms with Crippen molar-refractivity contribution in [2.45, 2.75) is 40.5 Å². The zero-order valence-electron chi connectivity index (χ0n) is 9.18. The number of carbonyl (C=O) groups excluding carboxylic acids is 1. The molecule has 0 spiro atoms. The van der Waals surface area contributed by atoms with E-state index in [1.165, 1.54) is 5.70 Å². The molecule has 13 heavy (non-hydrogen) atoms. The van der Waals surface area contributed by atoms with E-state index in [9.17, 15) is 4.79 Å². The van der Waals surface area contributed by atoms with Gasteiger partial charge in [0.25, 0.3) is 0 Å². The average molecular weight is 183 g/mol. The molecule has 76 valence electrons. The third-order valence-electron chi connectivity index (χ3n) is 1.98. The van der Waals surface area contributed by atoms with Crippen molar-refractivity contribution < 1.29 is 4.79 Å². The molecule has 0 aliphatic rings. The highest BCUT2D eigenvalue weighted by Crippen LogP contribution is 2.03. The van der Waals surface area contributed by atoms with Gasteiger partial charge in [-0.05, 0) is 13.3 Å². The molecule has 0 atom stereocenters. The van der Waals surface area contributed by atoms with Crippen LogP contribution < -0.4 is 5.32 Å². The van der Waals surface area contributed by atoms with Gasteiger partial charge < -0.3 is 5.32 Å². The zero-order valence-corrected chi connectivity index (χ0v) is 9.18. The number of nitrogens with one attached hydrogen (secondary N) is 1. The summed E-state index contributed by atoms with van der Waals surface area (Å²) < 4.78 is 0. The van der Waals surface area contributed by atoms with Gasteiger partial charge in [-0.2, -0.15) is 0 Å². The maximum Gasteiger partial charge on any atom is 0.139 e. The zero-order chi connectivity index (χ0) is 10.3. The first-order chi connectivity index (χ1) is 6.11. The van der Waals surface area contributed by atoms with Gasteiger partial charge in [-0.15, -0.1) is 0 Å². The van der Waals surface area contributed by atoms with Gasteiger partial charge in [0.1, 0.15) is 5.78 Å². The highest BCUT2D eigenvalue weighted by Gasteiger charge is 2.04. The van der Waals surface area contributed by atoms with Crippen LogP contribution in [0.5, 0.6) is 0 Å². The molecule has 0 aliphatic heterocycles. The van der Waals surface area contributed by atoms with E-state index in [-0.39, 0.29) is 5.92 Å². The van der Waals surface area contributed by atoms with Crippen LogP contribution in [0, 0.1) is 5.92 Å². The Kier molecular flexibility index (Phi) is 6.29. The smallest absolute Gasteiger partial charge is 0.139 e. The fourth-order valence-corrected chi connectivity index (χ4v) is 1.03. The summed E-state index contributed by atoms with van der Waals surface area (Å²) in [5, 5.41) is 3.24. The molecular weight excluding hydrogens is 162 g/mol. The Balaban J connectivity index is 3.98. The van der Waals surface area contributed by atoms with Crippen LogP contribution in [0.15, 0.2) is 11.8 Å². The van der Waals surface area contributed by atoms with Crippen molar-refractivity contribution in [3.8, 4) is 0 Å². The SMILES string of the molecule is CCNC(=CCC(=O)C(C)C)CC. The number of ketones is 1. The molecule has 1 N–H and O–H groups in total. The maximum atomic E-state index is 11.3. The molecule has 0 rings (SSSR count). The minimum atomic E-state index is 0.149. The topological polar surface area (TPSA) is 29.1 Å². The van der Waals surface area contributed by atoms with Gasteiger partial charge in [0.05, 0.1) is 0 Å². The van der Waals surface area contributed by atoms with Gasteiger partial charge in [0.2, 0.25) is 0 Å². The molecule has 0 fully saturated rings. The fraction of sp³-hybridized carbons (Fsp3) is 0.727. The summed E-state index contributed by atoms with van der Waals surface area (Å²) in [6, 6.07) is 0. The van der Waals surface area contributed by atoms with E-state index in [0.29, 0.717) is 12.2 Å². The predicted molar refractivity (Wildman–Crippen MR) is 56.5 cm³/mol. The van der Waals surface area contributed by atoms with Crippen LogP contribution >= 0.6 is 0 Å². The molecule has 0 unspecified atom stereocenters. The van der Waals surface area contributed by atoms with Crippen LogP contribution in [-0.2, 0) is 4.79 Å². The van der Waals surface area contributed by atoms with Gasteiger partial charge in [-0.1, -0.05) is 26.8 Å². The molecule has 0 amide bonds. The number of hydrogen-bond acceptors (Lipinski definition) is 2. The first kappa shape index (κ1) is 12.2. The van der Waals surface area contributed by atoms with Gasteiger partial charge in [-0.25, -0.2) is 0 Å². The van der Waals surface area contributed by atoms with Crippen LogP contribution in [0.1, 0.15) is 40.5 Å². The number of rotatable bonds is 6. The minimum Gasteiger partial charge on any atom is -0.389 e. The predicted octanol–water partition coefficient (Wildman–Crippen LogP) is 2.51. The lowest BCUT2D eigenvalue weighted by Gasteiger charge is -2.06. The van der Waals surface area contributed by atoms with Crippen molar-refractivity contribution in [1.29, 1.82) is 0 Å². The quantitative estimate of drug-likeness (QED) is 0.685. The Hall–Kier alpha value is -0.790. The van der Waals surface area contributed by atoms with E-state index < -0.39 is 0 Å². The molecule has 0 bridgehead atoms. The van der Waals surface area contributed by atoms with Gasteiger partial charge in [0.15, 0.2) is 0 Å². The molecule has 2 heteroatoms. The van der Waals surface area contributed by atoms with Gasteiger partial charge in [0, 0.05) is 24.6 Å². The standard InChI is InChI=1S/C11H21NO/c1-5-10(12-6-2)7-8-11(13)9(3)4/h7,9,12H,5-6,8H2,1-4H3. The Labute approximate surface area is 81.4 Å². The summed E-state index contributed by atoms with van der Waals surface area (Å²) >= 11 is 0. The van der Waals surface area contributed by atoms with Crippen molar-refractivity contribution in [2.24, 2.45) is 5.92 Å². The molecular formula is C11H21NO. The van der Waals surface area contributed by atoms with Gasteiger partial charge in [-0.3, -0.25) is 4.79 Å². The lowest BCUT2D eigenvalue weighted by atomic mass is 10.1. The minimum absolute atomic E-state index is 0.149. The van der Waals surface area contributed by atoms with Crippen LogP contribution in [-0.4, -0.2) is 12.3 Å². The second-order valence-corrected chi connectivity index (χ2v) is 3.44. The van der Waals surface area contributed by atoms with Crippen molar-refractivity contribution in [3.05, 3.63) is 11.8 Å². The second kappa shape index (κ2) is 6.70. The highest BCUT2D eigenvalue weighted by atomic mass is 16.1. The van der Waals surface area contributed by atoms with Crippen LogP contribution in [0.3, 0.4) is 0 Å². The largest absolute Gasteiger partial charge is 0.389 e. The molecule has 0 radical (unpaired) electrons. The van der Waals surface area contributed by atoms with Crippen molar-refractivity contribution >= 4 is 5.78 Å². The summed E-state index contributed by atoms with van der Waals surface area (Å²) in [6.07, 6.45) is 3.54. The van der Waals surface area contributed by atoms with Crippen molar-refractivity contribution in [1.82, 2.24) is 5.32 Å². The summed E-state index contributed by atoms with van der Waals surface area (Å²) in [4.78, 5) is 11.3. The Bertz CT molecular complexity index is 183. The maximum absolute atomic E-state index is 11.3. The highest BCUT2D eigenvalue weighted by molar-refractivity contribution is 5.81. The summed E-state index contributed by atoms with van der Waals surface area (Å²) in [6.45, 7) is 8.96. The number of Topliss-reactive ketones (excluding diaryl/α,β-unsaturated/α-hetero) is 1. The Morgan fingerprint density at radius 1 is 1.38 bits per heavy atom. The van der Waals surface area contributed by atoms with Crippen LogP contribution in [0.2, 0.25) is 0 Å². The molecule has 2 nitrogen and oxygen atoms in total. The third kappa shape index (κ3) is 5.45. The number of hydrogen-bond donors (Lipinski definition) is 1. The Morgan fingerprint density at radius 3 is 2.38 bits per heavy atom. The lowest BCUT2D eigenvalue weighted by Crippen LogP contribution is -2.13. The van der Waals surface area contributed by atoms with E-state index in [2.05, 4.69) is 19.2 Å². The van der Waals surface area contributed by atoms with Crippen LogP contribution in [0.4, 0.5) is 0 Å². The monoisotopic (exact) mass is 183 g/mol. The molecule has 0 heterocycles. The first-order valence-electron chi connectivity index (χ1n) is 5.07. The average Bonchev–Trinajstić information content (AvgIpc) is 2.11. The van der Waals surface area contributed by atoms with E-state index in [1.54, 1.807) is 0 Å². The van der Waals surface area contributed by atoms with E-state index in [0.717, 1.165) is 13.0 Å². The fourth-order valence-electron chi connectivity index (χ4n) is 1.03. The van der Waals surface area contributed by atoms with Crippen molar-refractivity contribution in [3.63, 3.8) is 0 Å². The summed E-state index contributed by atoms with van der Waals surface area (Å²) in [5.74, 6) is 0.458. The Morgan fingerprint density at radius 2 is 2.00 bits per heavy atom.